The molecule has 0 radical (unpaired) electrons. The number of hydrogen-bond donors (Lipinski definition) is 1. The van der Waals surface area contributed by atoms with Crippen molar-refractivity contribution in [2.45, 2.75) is 26.8 Å². The molecular weight excluding hydrogens is 386 g/mol. The second-order valence-corrected chi connectivity index (χ2v) is 7.17. The molecule has 0 aliphatic carbocycles. The van der Waals surface area contributed by atoms with E-state index in [1.807, 2.05) is 19.2 Å². The summed E-state index contributed by atoms with van der Waals surface area (Å²) in [5.41, 5.74) is 0.661. The van der Waals surface area contributed by atoms with Crippen LogP contribution in [0.2, 0.25) is 0 Å². The van der Waals surface area contributed by atoms with E-state index in [0.717, 1.165) is 10.4 Å². The third-order valence-electron chi connectivity index (χ3n) is 4.07. The van der Waals surface area contributed by atoms with Crippen molar-refractivity contribution in [3.8, 4) is 0 Å². The van der Waals surface area contributed by atoms with Gasteiger partial charge < -0.3 is 9.15 Å². The van der Waals surface area contributed by atoms with Crippen LogP contribution in [0.25, 0.3) is 10.2 Å². The quantitative estimate of drug-likeness (QED) is 0.620. The van der Waals surface area contributed by atoms with E-state index in [1.54, 1.807) is 0 Å². The van der Waals surface area contributed by atoms with Crippen LogP contribution in [-0.4, -0.2) is 33.9 Å². The molecule has 3 heterocycles. The molecule has 0 atom stereocenters. The number of aryl methyl sites for hydroxylation is 3. The van der Waals surface area contributed by atoms with Gasteiger partial charge in [-0.1, -0.05) is 0 Å². The van der Waals surface area contributed by atoms with Gasteiger partial charge >= 0.3 is 5.97 Å². The molecular formula is C18H17N3O6S. The monoisotopic (exact) mass is 403 g/mol. The third-order valence-corrected chi connectivity index (χ3v) is 5.19. The van der Waals surface area contributed by atoms with Crippen molar-refractivity contribution >= 4 is 39.3 Å². The van der Waals surface area contributed by atoms with Crippen LogP contribution in [0.5, 0.6) is 0 Å². The molecule has 0 spiro atoms. The first-order valence-electron chi connectivity index (χ1n) is 8.35. The van der Waals surface area contributed by atoms with Crippen LogP contribution in [0.4, 0.5) is 0 Å². The molecule has 10 heteroatoms. The molecule has 0 unspecified atom stereocenters. The SMILES string of the molecule is Cc1sc2ncn(CCC(=O)OCC(=O)NC(=O)c3ccco3)c(=O)c2c1C. The fraction of sp³-hybridized carbons (Fsp3) is 0.278. The van der Waals surface area contributed by atoms with Gasteiger partial charge in [0.05, 0.1) is 24.4 Å². The number of furan rings is 1. The summed E-state index contributed by atoms with van der Waals surface area (Å²) in [6.07, 6.45) is 2.57. The first-order chi connectivity index (χ1) is 13.4. The predicted octanol–water partition coefficient (Wildman–Crippen LogP) is 1.56. The minimum absolute atomic E-state index is 0.0269. The van der Waals surface area contributed by atoms with Gasteiger partial charge in [-0.3, -0.25) is 29.1 Å². The highest BCUT2D eigenvalue weighted by molar-refractivity contribution is 7.18. The Morgan fingerprint density at radius 2 is 2.11 bits per heavy atom. The summed E-state index contributed by atoms with van der Waals surface area (Å²) in [5.74, 6) is -2.20. The number of nitrogens with zero attached hydrogens (tertiary/aromatic N) is 2. The van der Waals surface area contributed by atoms with E-state index in [1.165, 1.54) is 40.6 Å². The lowest BCUT2D eigenvalue weighted by molar-refractivity contribution is -0.148. The van der Waals surface area contributed by atoms with Gasteiger partial charge in [-0.25, -0.2) is 4.98 Å². The predicted molar refractivity (Wildman–Crippen MR) is 100 cm³/mol. The molecule has 28 heavy (non-hydrogen) atoms. The van der Waals surface area contributed by atoms with Crippen LogP contribution < -0.4 is 10.9 Å². The Hall–Kier alpha value is -3.27. The van der Waals surface area contributed by atoms with E-state index >= 15 is 0 Å². The maximum absolute atomic E-state index is 12.5. The zero-order chi connectivity index (χ0) is 20.3. The van der Waals surface area contributed by atoms with Crippen molar-refractivity contribution in [1.82, 2.24) is 14.9 Å². The van der Waals surface area contributed by atoms with Crippen molar-refractivity contribution < 1.29 is 23.5 Å². The summed E-state index contributed by atoms with van der Waals surface area (Å²) in [6.45, 7) is 3.24. The normalized spacial score (nSPS) is 10.8. The van der Waals surface area contributed by atoms with Gasteiger partial charge in [-0.2, -0.15) is 0 Å². The van der Waals surface area contributed by atoms with Gasteiger partial charge in [0.25, 0.3) is 17.4 Å². The van der Waals surface area contributed by atoms with Crippen molar-refractivity contribution in [3.05, 3.63) is 51.3 Å². The molecule has 0 saturated carbocycles. The van der Waals surface area contributed by atoms with Crippen molar-refractivity contribution in [2.24, 2.45) is 0 Å². The zero-order valence-corrected chi connectivity index (χ0v) is 16.0. The molecule has 3 aromatic heterocycles. The van der Waals surface area contributed by atoms with E-state index in [0.29, 0.717) is 10.2 Å². The first-order valence-corrected chi connectivity index (χ1v) is 9.17. The van der Waals surface area contributed by atoms with Gasteiger partial charge in [-0.15, -0.1) is 11.3 Å². The average Bonchev–Trinajstić information content (AvgIpc) is 3.29. The van der Waals surface area contributed by atoms with Gasteiger partial charge in [0, 0.05) is 11.4 Å². The highest BCUT2D eigenvalue weighted by Gasteiger charge is 2.16. The number of thiophene rings is 1. The molecule has 0 aliphatic heterocycles. The van der Waals surface area contributed by atoms with Crippen LogP contribution in [0, 0.1) is 13.8 Å². The van der Waals surface area contributed by atoms with Gasteiger partial charge in [0.2, 0.25) is 0 Å². The summed E-state index contributed by atoms with van der Waals surface area (Å²) in [4.78, 5) is 53.6. The summed E-state index contributed by atoms with van der Waals surface area (Å²) in [7, 11) is 0. The number of carbonyl (C=O) groups is 3. The minimum Gasteiger partial charge on any atom is -0.459 e. The Balaban J connectivity index is 1.52. The molecule has 2 amide bonds. The standard InChI is InChI=1S/C18H17N3O6S/c1-10-11(2)28-17-15(10)18(25)21(9-19-17)6-5-14(23)27-8-13(22)20-16(24)12-4-3-7-26-12/h3-4,7,9H,5-6,8H2,1-2H3,(H,20,22,24). The number of ether oxygens (including phenoxy) is 1. The minimum atomic E-state index is -0.778. The van der Waals surface area contributed by atoms with Gasteiger partial charge in [-0.05, 0) is 31.5 Å². The molecule has 1 N–H and O–H groups in total. The number of aromatic nitrogens is 2. The van der Waals surface area contributed by atoms with Crippen LogP contribution in [0.1, 0.15) is 27.4 Å². The smallest absolute Gasteiger partial charge is 0.308 e. The highest BCUT2D eigenvalue weighted by Crippen LogP contribution is 2.25. The molecule has 0 bridgehead atoms. The molecule has 0 saturated heterocycles. The number of hydrogen-bond acceptors (Lipinski definition) is 8. The van der Waals surface area contributed by atoms with Crippen LogP contribution in [-0.2, 0) is 20.9 Å². The molecule has 9 nitrogen and oxygen atoms in total. The topological polar surface area (TPSA) is 120 Å². The second-order valence-electron chi connectivity index (χ2n) is 5.97. The maximum Gasteiger partial charge on any atom is 0.308 e. The number of fused-ring (bicyclic) bond motifs is 1. The Morgan fingerprint density at radius 1 is 1.32 bits per heavy atom. The van der Waals surface area contributed by atoms with Gasteiger partial charge in [0.1, 0.15) is 4.83 Å². The van der Waals surface area contributed by atoms with Crippen LogP contribution >= 0.6 is 11.3 Å². The number of carbonyl (C=O) groups excluding carboxylic acids is 3. The van der Waals surface area contributed by atoms with Crippen LogP contribution in [0.3, 0.4) is 0 Å². The Kier molecular flexibility index (Phi) is 5.69. The summed E-state index contributed by atoms with van der Waals surface area (Å²) < 4.78 is 11.0. The third kappa shape index (κ3) is 4.17. The Morgan fingerprint density at radius 3 is 2.82 bits per heavy atom. The van der Waals surface area contributed by atoms with Crippen LogP contribution in [0.15, 0.2) is 33.9 Å². The number of rotatable bonds is 6. The van der Waals surface area contributed by atoms with E-state index < -0.39 is 24.4 Å². The lowest BCUT2D eigenvalue weighted by Gasteiger charge is -2.07. The number of nitrogens with one attached hydrogen (secondary N) is 1. The van der Waals surface area contributed by atoms with Crippen molar-refractivity contribution in [1.29, 1.82) is 0 Å². The molecule has 0 aromatic carbocycles. The molecule has 3 aromatic rings. The fourth-order valence-electron chi connectivity index (χ4n) is 2.49. The van der Waals surface area contributed by atoms with Crippen molar-refractivity contribution in [3.63, 3.8) is 0 Å². The number of amides is 2. The Bertz CT molecular complexity index is 1100. The Labute approximate surface area is 162 Å². The van der Waals surface area contributed by atoms with E-state index in [-0.39, 0.29) is 24.3 Å². The maximum atomic E-state index is 12.5. The first kappa shape index (κ1) is 19.5. The fourth-order valence-corrected chi connectivity index (χ4v) is 3.48. The molecule has 146 valence electrons. The summed E-state index contributed by atoms with van der Waals surface area (Å²) in [5, 5.41) is 2.59. The van der Waals surface area contributed by atoms with Gasteiger partial charge in [0.15, 0.2) is 12.4 Å². The van der Waals surface area contributed by atoms with Crippen molar-refractivity contribution in [2.75, 3.05) is 6.61 Å². The molecule has 0 aliphatic rings. The number of esters is 1. The molecule has 3 rings (SSSR count). The zero-order valence-electron chi connectivity index (χ0n) is 15.2. The second kappa shape index (κ2) is 8.17. The van der Waals surface area contributed by atoms with E-state index in [9.17, 15) is 19.2 Å². The van der Waals surface area contributed by atoms with E-state index in [2.05, 4.69) is 4.98 Å². The summed E-state index contributed by atoms with van der Waals surface area (Å²) >= 11 is 1.45. The largest absolute Gasteiger partial charge is 0.459 e. The lowest BCUT2D eigenvalue weighted by atomic mass is 10.2. The molecule has 0 fully saturated rings. The lowest BCUT2D eigenvalue weighted by Crippen LogP contribution is -2.34. The number of imide groups is 1. The van der Waals surface area contributed by atoms with E-state index in [4.69, 9.17) is 9.15 Å². The summed E-state index contributed by atoms with van der Waals surface area (Å²) in [6, 6.07) is 2.90. The highest BCUT2D eigenvalue weighted by atomic mass is 32.1. The average molecular weight is 403 g/mol.